The lowest BCUT2D eigenvalue weighted by atomic mass is 10.0. The topological polar surface area (TPSA) is 61.3 Å². The SMILES string of the molecule is CCOc1ccc(C(N)CN)cc1C(F)(F)F. The van der Waals surface area contributed by atoms with Crippen molar-refractivity contribution in [2.24, 2.45) is 11.5 Å². The maximum atomic E-state index is 12.8. The molecule has 0 radical (unpaired) electrons. The number of benzene rings is 1. The van der Waals surface area contributed by atoms with Gasteiger partial charge in [-0.1, -0.05) is 6.07 Å². The van der Waals surface area contributed by atoms with Gasteiger partial charge in [0, 0.05) is 12.6 Å². The summed E-state index contributed by atoms with van der Waals surface area (Å²) >= 11 is 0. The van der Waals surface area contributed by atoms with Crippen molar-refractivity contribution in [2.45, 2.75) is 19.1 Å². The summed E-state index contributed by atoms with van der Waals surface area (Å²) in [6.45, 7) is 1.89. The van der Waals surface area contributed by atoms with Crippen LogP contribution in [0.4, 0.5) is 13.2 Å². The first-order chi connectivity index (χ1) is 7.90. The molecule has 1 aromatic rings. The van der Waals surface area contributed by atoms with Crippen molar-refractivity contribution in [3.8, 4) is 5.75 Å². The van der Waals surface area contributed by atoms with E-state index >= 15 is 0 Å². The lowest BCUT2D eigenvalue weighted by molar-refractivity contribution is -0.139. The first kappa shape index (κ1) is 13.8. The summed E-state index contributed by atoms with van der Waals surface area (Å²) in [6, 6.07) is 3.16. The fourth-order valence-corrected chi connectivity index (χ4v) is 1.42. The molecule has 0 bridgehead atoms. The Morgan fingerprint density at radius 2 is 2.00 bits per heavy atom. The molecule has 6 heteroatoms. The monoisotopic (exact) mass is 248 g/mol. The summed E-state index contributed by atoms with van der Waals surface area (Å²) in [5, 5.41) is 0. The lowest BCUT2D eigenvalue weighted by Gasteiger charge is -2.16. The number of hydrogen-bond acceptors (Lipinski definition) is 3. The van der Waals surface area contributed by atoms with Gasteiger partial charge in [-0.2, -0.15) is 13.2 Å². The van der Waals surface area contributed by atoms with Crippen molar-refractivity contribution < 1.29 is 17.9 Å². The normalized spacial score (nSPS) is 13.5. The second kappa shape index (κ2) is 5.37. The Labute approximate surface area is 97.5 Å². The number of ether oxygens (including phenoxy) is 1. The summed E-state index contributed by atoms with van der Waals surface area (Å²) in [4.78, 5) is 0. The van der Waals surface area contributed by atoms with Crippen LogP contribution in [-0.2, 0) is 6.18 Å². The van der Waals surface area contributed by atoms with E-state index in [1.165, 1.54) is 12.1 Å². The zero-order valence-electron chi connectivity index (χ0n) is 9.42. The maximum absolute atomic E-state index is 12.8. The highest BCUT2D eigenvalue weighted by molar-refractivity contribution is 5.40. The van der Waals surface area contributed by atoms with E-state index in [1.807, 2.05) is 0 Å². The van der Waals surface area contributed by atoms with Crippen LogP contribution in [0.15, 0.2) is 18.2 Å². The number of hydrogen-bond donors (Lipinski definition) is 2. The Hall–Kier alpha value is -1.27. The van der Waals surface area contributed by atoms with E-state index in [1.54, 1.807) is 6.92 Å². The van der Waals surface area contributed by atoms with Crippen molar-refractivity contribution >= 4 is 0 Å². The molecule has 1 unspecified atom stereocenters. The number of alkyl halides is 3. The summed E-state index contributed by atoms with van der Waals surface area (Å²) < 4.78 is 43.2. The summed E-state index contributed by atoms with van der Waals surface area (Å²) in [5.41, 5.74) is 10.5. The molecule has 0 aliphatic heterocycles. The van der Waals surface area contributed by atoms with Gasteiger partial charge in [0.1, 0.15) is 5.75 Å². The smallest absolute Gasteiger partial charge is 0.419 e. The van der Waals surface area contributed by atoms with Crippen molar-refractivity contribution in [3.05, 3.63) is 29.3 Å². The highest BCUT2D eigenvalue weighted by Gasteiger charge is 2.34. The van der Waals surface area contributed by atoms with Crippen molar-refractivity contribution in [3.63, 3.8) is 0 Å². The van der Waals surface area contributed by atoms with E-state index in [-0.39, 0.29) is 18.9 Å². The highest BCUT2D eigenvalue weighted by Crippen LogP contribution is 2.37. The second-order valence-corrected chi connectivity index (χ2v) is 3.53. The number of rotatable bonds is 4. The molecular weight excluding hydrogens is 233 g/mol. The van der Waals surface area contributed by atoms with Crippen molar-refractivity contribution in [1.29, 1.82) is 0 Å². The average molecular weight is 248 g/mol. The molecule has 1 aromatic carbocycles. The zero-order chi connectivity index (χ0) is 13.1. The predicted octanol–water partition coefficient (Wildman–Crippen LogP) is 2.06. The van der Waals surface area contributed by atoms with Gasteiger partial charge < -0.3 is 16.2 Å². The molecule has 0 fully saturated rings. The predicted molar refractivity (Wildman–Crippen MR) is 58.6 cm³/mol. The molecule has 0 aliphatic rings. The minimum absolute atomic E-state index is 0.0886. The van der Waals surface area contributed by atoms with Crippen LogP contribution in [0.5, 0.6) is 5.75 Å². The van der Waals surface area contributed by atoms with E-state index in [0.29, 0.717) is 5.56 Å². The molecule has 17 heavy (non-hydrogen) atoms. The Morgan fingerprint density at radius 1 is 1.35 bits per heavy atom. The van der Waals surface area contributed by atoms with E-state index in [0.717, 1.165) is 6.07 Å². The van der Waals surface area contributed by atoms with Gasteiger partial charge in [0.15, 0.2) is 0 Å². The molecule has 96 valence electrons. The van der Waals surface area contributed by atoms with Gasteiger partial charge >= 0.3 is 6.18 Å². The third kappa shape index (κ3) is 3.34. The minimum atomic E-state index is -4.46. The molecule has 0 heterocycles. The molecule has 1 rings (SSSR count). The van der Waals surface area contributed by atoms with E-state index in [9.17, 15) is 13.2 Å². The van der Waals surface area contributed by atoms with Gasteiger partial charge in [0.2, 0.25) is 0 Å². The van der Waals surface area contributed by atoms with Gasteiger partial charge in [-0.25, -0.2) is 0 Å². The molecule has 0 aliphatic carbocycles. The van der Waals surface area contributed by atoms with Crippen LogP contribution >= 0.6 is 0 Å². The molecule has 3 nitrogen and oxygen atoms in total. The molecule has 0 saturated heterocycles. The first-order valence-corrected chi connectivity index (χ1v) is 5.19. The van der Waals surface area contributed by atoms with Gasteiger partial charge in [-0.3, -0.25) is 0 Å². The zero-order valence-corrected chi connectivity index (χ0v) is 9.42. The summed E-state index contributed by atoms with van der Waals surface area (Å²) in [6.07, 6.45) is -4.46. The maximum Gasteiger partial charge on any atom is 0.419 e. The fraction of sp³-hybridized carbons (Fsp3) is 0.455. The van der Waals surface area contributed by atoms with Crippen LogP contribution in [0.3, 0.4) is 0 Å². The summed E-state index contributed by atoms with van der Waals surface area (Å²) in [7, 11) is 0. The lowest BCUT2D eigenvalue weighted by Crippen LogP contribution is -2.21. The van der Waals surface area contributed by atoms with Crippen LogP contribution in [0, 0.1) is 0 Å². The Bertz CT molecular complexity index is 379. The molecule has 1 atom stereocenters. The van der Waals surface area contributed by atoms with Crippen LogP contribution in [0.1, 0.15) is 24.1 Å². The molecule has 0 saturated carbocycles. The highest BCUT2D eigenvalue weighted by atomic mass is 19.4. The third-order valence-electron chi connectivity index (χ3n) is 2.29. The summed E-state index contributed by atoms with van der Waals surface area (Å²) in [5.74, 6) is -0.187. The first-order valence-electron chi connectivity index (χ1n) is 5.19. The quantitative estimate of drug-likeness (QED) is 0.857. The van der Waals surface area contributed by atoms with Crippen LogP contribution in [-0.4, -0.2) is 13.2 Å². The van der Waals surface area contributed by atoms with E-state index < -0.39 is 17.8 Å². The number of halogens is 3. The van der Waals surface area contributed by atoms with E-state index in [4.69, 9.17) is 16.2 Å². The second-order valence-electron chi connectivity index (χ2n) is 3.53. The average Bonchev–Trinajstić information content (AvgIpc) is 2.27. The largest absolute Gasteiger partial charge is 0.493 e. The standard InChI is InChI=1S/C11H15F3N2O/c1-2-17-10-4-3-7(9(16)6-15)5-8(10)11(12,13)14/h3-5,9H,2,6,15-16H2,1H3. The fourth-order valence-electron chi connectivity index (χ4n) is 1.42. The Balaban J connectivity index is 3.19. The van der Waals surface area contributed by atoms with Crippen LogP contribution in [0.25, 0.3) is 0 Å². The molecule has 0 amide bonds. The Morgan fingerprint density at radius 3 is 2.47 bits per heavy atom. The Kier molecular flexibility index (Phi) is 4.36. The van der Waals surface area contributed by atoms with Crippen LogP contribution < -0.4 is 16.2 Å². The van der Waals surface area contributed by atoms with E-state index in [2.05, 4.69) is 0 Å². The third-order valence-corrected chi connectivity index (χ3v) is 2.29. The van der Waals surface area contributed by atoms with Gasteiger partial charge in [-0.05, 0) is 24.6 Å². The number of nitrogens with two attached hydrogens (primary N) is 2. The van der Waals surface area contributed by atoms with Gasteiger partial charge in [-0.15, -0.1) is 0 Å². The van der Waals surface area contributed by atoms with Crippen LogP contribution in [0.2, 0.25) is 0 Å². The van der Waals surface area contributed by atoms with Gasteiger partial charge in [0.25, 0.3) is 0 Å². The van der Waals surface area contributed by atoms with Gasteiger partial charge in [0.05, 0.1) is 12.2 Å². The van der Waals surface area contributed by atoms with Crippen molar-refractivity contribution in [2.75, 3.05) is 13.2 Å². The molecular formula is C11H15F3N2O. The van der Waals surface area contributed by atoms with Crippen molar-refractivity contribution in [1.82, 2.24) is 0 Å². The minimum Gasteiger partial charge on any atom is -0.493 e. The molecule has 0 aromatic heterocycles. The molecule has 4 N–H and O–H groups in total. The molecule has 0 spiro atoms.